The van der Waals surface area contributed by atoms with E-state index in [1.807, 2.05) is 0 Å². The first-order chi connectivity index (χ1) is 13.3. The molecule has 3 rings (SSSR count). The van der Waals surface area contributed by atoms with E-state index in [0.29, 0.717) is 27.9 Å². The van der Waals surface area contributed by atoms with Gasteiger partial charge in [-0.05, 0) is 48.9 Å². The number of aromatic nitrogens is 1. The molecule has 146 valence electrons. The molecule has 0 atom stereocenters. The molecule has 9 heteroatoms. The van der Waals surface area contributed by atoms with Crippen molar-refractivity contribution < 1.29 is 18.0 Å². The van der Waals surface area contributed by atoms with Crippen LogP contribution < -0.4 is 10.2 Å². The molecule has 1 heterocycles. The standard InChI is InChI=1S/C19H15F3N2O2S2/c1-11-17(12-6-8-13(20)9-7-12)24(19(26)27-11)10-16(25)23-14-4-2-3-5-15(14)28-18(21)22/h2-9,18H,10H2,1H3,(H,23,25). The van der Waals surface area contributed by atoms with Crippen LogP contribution in [0, 0.1) is 12.7 Å². The third kappa shape index (κ3) is 4.66. The predicted octanol–water partition coefficient (Wildman–Crippen LogP) is 4.98. The summed E-state index contributed by atoms with van der Waals surface area (Å²) in [6.07, 6.45) is 0. The van der Waals surface area contributed by atoms with Crippen LogP contribution in [0.1, 0.15) is 4.88 Å². The van der Waals surface area contributed by atoms with Gasteiger partial charge in [0.2, 0.25) is 5.91 Å². The van der Waals surface area contributed by atoms with Crippen molar-refractivity contribution >= 4 is 34.7 Å². The minimum atomic E-state index is -2.62. The lowest BCUT2D eigenvalue weighted by Crippen LogP contribution is -2.25. The molecule has 0 saturated heterocycles. The third-order valence-corrected chi connectivity index (χ3v) is 5.54. The minimum Gasteiger partial charge on any atom is -0.324 e. The number of aryl methyl sites for hydroxylation is 1. The molecule has 0 aliphatic rings. The zero-order valence-corrected chi connectivity index (χ0v) is 16.3. The molecular formula is C19H15F3N2O2S2. The number of thiazole rings is 1. The smallest absolute Gasteiger partial charge is 0.308 e. The van der Waals surface area contributed by atoms with Crippen LogP contribution in [-0.4, -0.2) is 16.2 Å². The summed E-state index contributed by atoms with van der Waals surface area (Å²) >= 11 is 1.32. The van der Waals surface area contributed by atoms with Gasteiger partial charge in [0.15, 0.2) is 0 Å². The summed E-state index contributed by atoms with van der Waals surface area (Å²) in [5, 5.41) is 2.58. The zero-order valence-electron chi connectivity index (χ0n) is 14.6. The molecule has 0 aliphatic carbocycles. The van der Waals surface area contributed by atoms with E-state index in [4.69, 9.17) is 0 Å². The first-order valence-electron chi connectivity index (χ1n) is 8.15. The maximum Gasteiger partial charge on any atom is 0.308 e. The van der Waals surface area contributed by atoms with Gasteiger partial charge in [0, 0.05) is 9.77 Å². The van der Waals surface area contributed by atoms with E-state index in [0.717, 1.165) is 11.3 Å². The number of hydrogen-bond acceptors (Lipinski definition) is 4. The van der Waals surface area contributed by atoms with Crippen LogP contribution in [0.5, 0.6) is 0 Å². The van der Waals surface area contributed by atoms with Gasteiger partial charge in [0.05, 0.1) is 11.4 Å². The number of nitrogens with zero attached hydrogens (tertiary/aromatic N) is 1. The van der Waals surface area contributed by atoms with Crippen molar-refractivity contribution in [1.82, 2.24) is 4.57 Å². The Balaban J connectivity index is 1.86. The van der Waals surface area contributed by atoms with Gasteiger partial charge in [-0.15, -0.1) is 0 Å². The molecule has 0 saturated carbocycles. The second-order valence-corrected chi connectivity index (χ2v) is 7.99. The summed E-state index contributed by atoms with van der Waals surface area (Å²) < 4.78 is 39.9. The number of hydrogen-bond donors (Lipinski definition) is 1. The molecule has 1 aromatic heterocycles. The van der Waals surface area contributed by atoms with Crippen molar-refractivity contribution in [3.8, 4) is 11.3 Å². The number of amides is 1. The van der Waals surface area contributed by atoms with Crippen LogP contribution in [0.4, 0.5) is 18.9 Å². The van der Waals surface area contributed by atoms with Gasteiger partial charge < -0.3 is 5.32 Å². The maximum atomic E-state index is 13.2. The number of nitrogens with one attached hydrogen (secondary N) is 1. The molecule has 0 aliphatic heterocycles. The highest BCUT2D eigenvalue weighted by molar-refractivity contribution is 7.99. The zero-order chi connectivity index (χ0) is 20.3. The van der Waals surface area contributed by atoms with E-state index < -0.39 is 17.5 Å². The molecule has 0 spiro atoms. The number of anilines is 1. The maximum absolute atomic E-state index is 13.2. The fourth-order valence-electron chi connectivity index (χ4n) is 2.73. The lowest BCUT2D eigenvalue weighted by Gasteiger charge is -2.12. The second kappa shape index (κ2) is 8.66. The molecule has 3 aromatic rings. The average molecular weight is 424 g/mol. The highest BCUT2D eigenvalue weighted by atomic mass is 32.2. The predicted molar refractivity (Wildman–Crippen MR) is 106 cm³/mol. The van der Waals surface area contributed by atoms with Crippen molar-refractivity contribution in [2.24, 2.45) is 0 Å². The second-order valence-electron chi connectivity index (χ2n) is 5.79. The van der Waals surface area contributed by atoms with E-state index in [2.05, 4.69) is 5.32 Å². The van der Waals surface area contributed by atoms with Crippen LogP contribution in [0.3, 0.4) is 0 Å². The van der Waals surface area contributed by atoms with Crippen LogP contribution in [0.2, 0.25) is 0 Å². The molecule has 0 bridgehead atoms. The lowest BCUT2D eigenvalue weighted by molar-refractivity contribution is -0.116. The van der Waals surface area contributed by atoms with Crippen molar-refractivity contribution in [2.45, 2.75) is 24.1 Å². The van der Waals surface area contributed by atoms with E-state index in [-0.39, 0.29) is 22.0 Å². The van der Waals surface area contributed by atoms with Crippen molar-refractivity contribution in [3.63, 3.8) is 0 Å². The van der Waals surface area contributed by atoms with E-state index >= 15 is 0 Å². The molecule has 1 amide bonds. The largest absolute Gasteiger partial charge is 0.324 e. The van der Waals surface area contributed by atoms with Gasteiger partial charge in [-0.2, -0.15) is 8.78 Å². The number of halogens is 3. The summed E-state index contributed by atoms with van der Waals surface area (Å²) in [7, 11) is 0. The number of carbonyl (C=O) groups is 1. The molecule has 28 heavy (non-hydrogen) atoms. The van der Waals surface area contributed by atoms with Crippen LogP contribution in [0.25, 0.3) is 11.3 Å². The van der Waals surface area contributed by atoms with Gasteiger partial charge in [0.1, 0.15) is 12.4 Å². The Labute approximate surface area is 167 Å². The molecule has 4 nitrogen and oxygen atoms in total. The number of alkyl halides is 2. The van der Waals surface area contributed by atoms with E-state index in [1.165, 1.54) is 41.0 Å². The summed E-state index contributed by atoms with van der Waals surface area (Å²) in [5.74, 6) is -3.55. The fourth-order valence-corrected chi connectivity index (χ4v) is 4.18. The van der Waals surface area contributed by atoms with Crippen LogP contribution in [-0.2, 0) is 11.3 Å². The van der Waals surface area contributed by atoms with Crippen LogP contribution >= 0.6 is 23.1 Å². The van der Waals surface area contributed by atoms with E-state index in [1.54, 1.807) is 19.1 Å². The third-order valence-electron chi connectivity index (χ3n) is 3.86. The van der Waals surface area contributed by atoms with E-state index in [9.17, 15) is 22.8 Å². The average Bonchev–Trinajstić information content (AvgIpc) is 2.90. The number of benzene rings is 2. The normalized spacial score (nSPS) is 11.0. The number of rotatable bonds is 6. The summed E-state index contributed by atoms with van der Waals surface area (Å²) in [5.41, 5.74) is 1.39. The van der Waals surface area contributed by atoms with Crippen molar-refractivity contribution in [3.05, 3.63) is 68.9 Å². The Morgan fingerprint density at radius 3 is 2.54 bits per heavy atom. The SMILES string of the molecule is Cc1sc(=O)n(CC(=O)Nc2ccccc2SC(F)F)c1-c1ccc(F)cc1. The highest BCUT2D eigenvalue weighted by Crippen LogP contribution is 2.32. The summed E-state index contributed by atoms with van der Waals surface area (Å²) in [6, 6.07) is 11.8. The Bertz CT molecular complexity index is 1050. The molecule has 0 unspecified atom stereocenters. The molecule has 0 radical (unpaired) electrons. The Kier molecular flexibility index (Phi) is 6.25. The monoisotopic (exact) mass is 424 g/mol. The Morgan fingerprint density at radius 2 is 1.86 bits per heavy atom. The number of carbonyl (C=O) groups excluding carboxylic acids is 1. The minimum absolute atomic E-state index is 0.235. The first kappa shape index (κ1) is 20.2. The summed E-state index contributed by atoms with van der Waals surface area (Å²) in [6.45, 7) is 1.46. The molecule has 2 aromatic carbocycles. The highest BCUT2D eigenvalue weighted by Gasteiger charge is 2.18. The molecule has 1 N–H and O–H groups in total. The molecular weight excluding hydrogens is 409 g/mol. The topological polar surface area (TPSA) is 51.1 Å². The van der Waals surface area contributed by atoms with Gasteiger partial charge in [-0.1, -0.05) is 35.2 Å². The van der Waals surface area contributed by atoms with Crippen molar-refractivity contribution in [2.75, 3.05) is 5.32 Å². The Hall–Kier alpha value is -2.52. The van der Waals surface area contributed by atoms with Gasteiger partial charge in [0.25, 0.3) is 5.76 Å². The first-order valence-corrected chi connectivity index (χ1v) is 9.84. The number of thioether (sulfide) groups is 1. The van der Waals surface area contributed by atoms with Crippen molar-refractivity contribution in [1.29, 1.82) is 0 Å². The van der Waals surface area contributed by atoms with Gasteiger partial charge in [-0.25, -0.2) is 4.39 Å². The van der Waals surface area contributed by atoms with Gasteiger partial charge in [-0.3, -0.25) is 14.2 Å². The van der Waals surface area contributed by atoms with Gasteiger partial charge >= 0.3 is 4.87 Å². The summed E-state index contributed by atoms with van der Waals surface area (Å²) in [4.78, 5) is 25.4. The molecule has 0 fully saturated rings. The quantitative estimate of drug-likeness (QED) is 0.568. The van der Waals surface area contributed by atoms with Crippen LogP contribution in [0.15, 0.2) is 58.2 Å². The Morgan fingerprint density at radius 1 is 1.18 bits per heavy atom. The lowest BCUT2D eigenvalue weighted by atomic mass is 10.1. The number of para-hydroxylation sites is 1. The fraction of sp³-hybridized carbons (Fsp3) is 0.158.